The maximum Gasteiger partial charge on any atom is 0.407 e. The zero-order valence-corrected chi connectivity index (χ0v) is 20.1. The molecule has 1 saturated heterocycles. The van der Waals surface area contributed by atoms with Crippen molar-refractivity contribution in [3.05, 3.63) is 0 Å². The van der Waals surface area contributed by atoms with Crippen LogP contribution in [0.3, 0.4) is 0 Å². The van der Waals surface area contributed by atoms with E-state index in [0.29, 0.717) is 32.4 Å². The lowest BCUT2D eigenvalue weighted by Gasteiger charge is -2.56. The SMILES string of the molecule is CC(C)C[C@H](OC(=O)NCC12CC3CC(CC(C3)C1)C2)C(=O)N[C@H](CO)C[C@@H]1CCNC1=O. The Morgan fingerprint density at radius 2 is 1.79 bits per heavy atom. The number of nitrogens with one attached hydrogen (secondary N) is 3. The van der Waals surface area contributed by atoms with Crippen LogP contribution in [0.25, 0.3) is 0 Å². The van der Waals surface area contributed by atoms with Crippen molar-refractivity contribution in [1.82, 2.24) is 16.0 Å². The van der Waals surface area contributed by atoms with Crippen molar-refractivity contribution in [3.63, 3.8) is 0 Å². The van der Waals surface area contributed by atoms with Gasteiger partial charge in [0.25, 0.3) is 5.91 Å². The molecule has 5 aliphatic rings. The van der Waals surface area contributed by atoms with Gasteiger partial charge in [0.05, 0.1) is 12.6 Å². The molecule has 5 rings (SSSR count). The van der Waals surface area contributed by atoms with E-state index in [1.54, 1.807) is 0 Å². The Morgan fingerprint density at radius 3 is 2.30 bits per heavy atom. The number of amides is 3. The summed E-state index contributed by atoms with van der Waals surface area (Å²) >= 11 is 0. The molecule has 5 fully saturated rings. The average Bonchev–Trinajstić information content (AvgIpc) is 3.14. The molecule has 4 bridgehead atoms. The molecular weight excluding hydrogens is 422 g/mol. The standard InChI is InChI=1S/C25H41N3O5/c1-15(2)5-21(23(31)28-20(13-29)9-19-3-4-26-22(19)30)33-24(32)27-14-25-10-16-6-17(11-25)8-18(7-16)12-25/h15-21,29H,3-14H2,1-2H3,(H,26,30)(H,27,32)(H,28,31)/t16?,17?,18?,19-,20-,21-,25?/m0/s1. The summed E-state index contributed by atoms with van der Waals surface area (Å²) in [4.78, 5) is 37.5. The highest BCUT2D eigenvalue weighted by Gasteiger charge is 2.50. The summed E-state index contributed by atoms with van der Waals surface area (Å²) < 4.78 is 5.60. The van der Waals surface area contributed by atoms with E-state index >= 15 is 0 Å². The quantitative estimate of drug-likeness (QED) is 0.397. The van der Waals surface area contributed by atoms with Crippen LogP contribution in [0.15, 0.2) is 0 Å². The first-order valence-electron chi connectivity index (χ1n) is 12.9. The van der Waals surface area contributed by atoms with Crippen LogP contribution in [-0.4, -0.2) is 54.9 Å². The van der Waals surface area contributed by atoms with Crippen molar-refractivity contribution in [2.24, 2.45) is 35.0 Å². The molecule has 0 unspecified atom stereocenters. The number of ether oxygens (including phenoxy) is 1. The highest BCUT2D eigenvalue weighted by Crippen LogP contribution is 2.59. The first-order valence-corrected chi connectivity index (χ1v) is 12.9. The Bertz CT molecular complexity index is 704. The van der Waals surface area contributed by atoms with E-state index in [1.165, 1.54) is 38.5 Å². The lowest BCUT2D eigenvalue weighted by Crippen LogP contribution is -2.52. The van der Waals surface area contributed by atoms with Gasteiger partial charge < -0.3 is 25.8 Å². The fraction of sp³-hybridized carbons (Fsp3) is 0.880. The lowest BCUT2D eigenvalue weighted by molar-refractivity contribution is -0.132. The van der Waals surface area contributed by atoms with Crippen molar-refractivity contribution in [2.45, 2.75) is 83.8 Å². The van der Waals surface area contributed by atoms with Crippen molar-refractivity contribution in [1.29, 1.82) is 0 Å². The molecule has 3 atom stereocenters. The van der Waals surface area contributed by atoms with E-state index in [9.17, 15) is 19.5 Å². The Kier molecular flexibility index (Phi) is 7.51. The monoisotopic (exact) mass is 463 g/mol. The molecule has 4 N–H and O–H groups in total. The van der Waals surface area contributed by atoms with Crippen LogP contribution < -0.4 is 16.0 Å². The number of aliphatic hydroxyl groups excluding tert-OH is 1. The third kappa shape index (κ3) is 6.00. The molecule has 0 aromatic rings. The minimum absolute atomic E-state index is 0.0401. The Morgan fingerprint density at radius 1 is 1.15 bits per heavy atom. The molecule has 3 amide bonds. The van der Waals surface area contributed by atoms with E-state index in [4.69, 9.17) is 4.74 Å². The average molecular weight is 464 g/mol. The zero-order valence-electron chi connectivity index (χ0n) is 20.1. The fourth-order valence-electron chi connectivity index (χ4n) is 7.26. The molecule has 0 aromatic heterocycles. The van der Waals surface area contributed by atoms with Gasteiger partial charge in [-0.2, -0.15) is 0 Å². The van der Waals surface area contributed by atoms with Gasteiger partial charge in [-0.05, 0) is 86.9 Å². The second-order valence-electron chi connectivity index (χ2n) is 11.7. The van der Waals surface area contributed by atoms with E-state index in [0.717, 1.165) is 17.8 Å². The normalized spacial score (nSPS) is 34.1. The van der Waals surface area contributed by atoms with Crippen molar-refractivity contribution < 1.29 is 24.2 Å². The smallest absolute Gasteiger partial charge is 0.407 e. The molecule has 1 heterocycles. The topological polar surface area (TPSA) is 117 Å². The third-order valence-electron chi connectivity index (χ3n) is 8.30. The number of aliphatic hydroxyl groups is 1. The summed E-state index contributed by atoms with van der Waals surface area (Å²) in [7, 11) is 0. The van der Waals surface area contributed by atoms with Crippen molar-refractivity contribution in [3.8, 4) is 0 Å². The van der Waals surface area contributed by atoms with Gasteiger partial charge in [-0.25, -0.2) is 4.79 Å². The van der Waals surface area contributed by atoms with Crippen LogP contribution in [0.4, 0.5) is 4.79 Å². The molecule has 33 heavy (non-hydrogen) atoms. The highest BCUT2D eigenvalue weighted by atomic mass is 16.6. The first kappa shape index (κ1) is 24.3. The maximum atomic E-state index is 12.9. The summed E-state index contributed by atoms with van der Waals surface area (Å²) in [5.74, 6) is 1.93. The number of hydrogen-bond acceptors (Lipinski definition) is 5. The van der Waals surface area contributed by atoms with Crippen LogP contribution in [0.1, 0.15) is 71.6 Å². The molecule has 1 aliphatic heterocycles. The van der Waals surface area contributed by atoms with E-state index < -0.39 is 24.1 Å². The molecule has 0 spiro atoms. The summed E-state index contributed by atoms with van der Waals surface area (Å²) in [6.07, 6.45) is 7.67. The van der Waals surface area contributed by atoms with Gasteiger partial charge in [0.15, 0.2) is 6.10 Å². The molecule has 0 radical (unpaired) electrons. The summed E-state index contributed by atoms with van der Waals surface area (Å²) in [6, 6.07) is -0.542. The Hall–Kier alpha value is -1.83. The maximum absolute atomic E-state index is 12.9. The van der Waals surface area contributed by atoms with Gasteiger partial charge in [-0.15, -0.1) is 0 Å². The van der Waals surface area contributed by atoms with Gasteiger partial charge in [-0.3, -0.25) is 9.59 Å². The van der Waals surface area contributed by atoms with Crippen LogP contribution >= 0.6 is 0 Å². The van der Waals surface area contributed by atoms with Gasteiger partial charge in [0.2, 0.25) is 5.91 Å². The summed E-state index contributed by atoms with van der Waals surface area (Å²) in [5.41, 5.74) is 0.202. The van der Waals surface area contributed by atoms with Crippen LogP contribution in [0, 0.1) is 35.0 Å². The molecule has 0 aromatic carbocycles. The number of alkyl carbamates (subject to hydrolysis) is 1. The Labute approximate surface area is 197 Å². The van der Waals surface area contributed by atoms with E-state index in [2.05, 4.69) is 16.0 Å². The highest BCUT2D eigenvalue weighted by molar-refractivity contribution is 5.84. The summed E-state index contributed by atoms with van der Waals surface area (Å²) in [6.45, 7) is 4.94. The molecule has 186 valence electrons. The second-order valence-corrected chi connectivity index (χ2v) is 11.7. The molecule has 4 aliphatic carbocycles. The zero-order chi connectivity index (χ0) is 23.6. The predicted octanol–water partition coefficient (Wildman–Crippen LogP) is 2.35. The van der Waals surface area contributed by atoms with Crippen LogP contribution in [0.5, 0.6) is 0 Å². The largest absolute Gasteiger partial charge is 0.436 e. The molecule has 8 heteroatoms. The van der Waals surface area contributed by atoms with Gasteiger partial charge in [-0.1, -0.05) is 13.8 Å². The van der Waals surface area contributed by atoms with Crippen molar-refractivity contribution >= 4 is 17.9 Å². The molecular formula is C25H41N3O5. The van der Waals surface area contributed by atoms with Gasteiger partial charge in [0, 0.05) is 19.0 Å². The lowest BCUT2D eigenvalue weighted by atomic mass is 9.49. The molecule has 4 saturated carbocycles. The Balaban J connectivity index is 1.29. The van der Waals surface area contributed by atoms with Crippen molar-refractivity contribution in [2.75, 3.05) is 19.7 Å². The predicted molar refractivity (Wildman–Crippen MR) is 123 cm³/mol. The van der Waals surface area contributed by atoms with Gasteiger partial charge in [0.1, 0.15) is 0 Å². The second kappa shape index (κ2) is 10.2. The number of carbonyl (C=O) groups is 3. The summed E-state index contributed by atoms with van der Waals surface area (Å²) in [5, 5.41) is 18.3. The van der Waals surface area contributed by atoms with E-state index in [-0.39, 0.29) is 29.8 Å². The molecule has 8 nitrogen and oxygen atoms in total. The fourth-order valence-corrected chi connectivity index (χ4v) is 7.26. The van der Waals surface area contributed by atoms with Gasteiger partial charge >= 0.3 is 6.09 Å². The van der Waals surface area contributed by atoms with E-state index in [1.807, 2.05) is 13.8 Å². The van der Waals surface area contributed by atoms with Crippen LogP contribution in [0.2, 0.25) is 0 Å². The number of rotatable bonds is 10. The van der Waals surface area contributed by atoms with Crippen LogP contribution in [-0.2, 0) is 14.3 Å². The minimum atomic E-state index is -0.923. The third-order valence-corrected chi connectivity index (χ3v) is 8.30. The number of hydrogen-bond donors (Lipinski definition) is 4. The first-order chi connectivity index (χ1) is 15.7. The minimum Gasteiger partial charge on any atom is -0.436 e. The number of carbonyl (C=O) groups excluding carboxylic acids is 3.